The largest absolute Gasteiger partial charge is 0.343 e. The minimum Gasteiger partial charge on any atom is -0.343 e. The van der Waals surface area contributed by atoms with Gasteiger partial charge in [-0.15, -0.1) is 0 Å². The lowest BCUT2D eigenvalue weighted by Crippen LogP contribution is -2.90. The van der Waals surface area contributed by atoms with E-state index in [1.807, 2.05) is 43.3 Å². The smallest absolute Gasteiger partial charge is 0.270 e. The number of nitrogens with two attached hydrogens (primary N) is 1. The van der Waals surface area contributed by atoms with E-state index in [0.29, 0.717) is 24.4 Å². The number of quaternary nitrogens is 1. The number of amides is 2. The van der Waals surface area contributed by atoms with Crippen molar-refractivity contribution < 1.29 is 14.9 Å². The van der Waals surface area contributed by atoms with Crippen LogP contribution in [0.4, 0.5) is 0 Å². The lowest BCUT2D eigenvalue weighted by Gasteiger charge is -2.26. The molecular weight excluding hydrogens is 406 g/mol. The Kier molecular flexibility index (Phi) is 6.42. The van der Waals surface area contributed by atoms with E-state index in [-0.39, 0.29) is 11.8 Å². The maximum absolute atomic E-state index is 13.0. The zero-order valence-corrected chi connectivity index (χ0v) is 16.8. The van der Waals surface area contributed by atoms with Crippen LogP contribution in [-0.4, -0.2) is 42.9 Å². The van der Waals surface area contributed by atoms with Gasteiger partial charge in [-0.2, -0.15) is 0 Å². The molecule has 0 aromatic heterocycles. The average Bonchev–Trinajstić information content (AvgIpc) is 2.69. The van der Waals surface area contributed by atoms with Crippen LogP contribution in [0.5, 0.6) is 0 Å². The highest BCUT2D eigenvalue weighted by Gasteiger charge is 2.23. The van der Waals surface area contributed by atoms with E-state index in [0.717, 1.165) is 28.7 Å². The maximum atomic E-state index is 13.0. The first-order chi connectivity index (χ1) is 13.0. The van der Waals surface area contributed by atoms with Crippen molar-refractivity contribution in [3.8, 4) is 0 Å². The van der Waals surface area contributed by atoms with Crippen LogP contribution in [0.2, 0.25) is 0 Å². The molecule has 2 amide bonds. The number of nitrogens with one attached hydrogen (secondary N) is 1. The third-order valence-electron chi connectivity index (χ3n) is 4.47. The molecule has 3 rings (SSSR count). The van der Waals surface area contributed by atoms with Crippen LogP contribution in [0.1, 0.15) is 21.5 Å². The number of nitrogens with zero attached hydrogens (tertiary/aromatic N) is 1. The molecule has 1 saturated heterocycles. The van der Waals surface area contributed by atoms with Gasteiger partial charge in [0.1, 0.15) is 5.70 Å². The molecule has 5 nitrogen and oxygen atoms in total. The SMILES string of the molecule is Cc1ccc(C(=O)N/C(=C/c2ccc(Br)cc2)C(=O)N2CC[NH2+]CC2)cc1. The van der Waals surface area contributed by atoms with Gasteiger partial charge in [0.15, 0.2) is 0 Å². The molecule has 0 radical (unpaired) electrons. The lowest BCUT2D eigenvalue weighted by atomic mass is 10.1. The van der Waals surface area contributed by atoms with Crippen molar-refractivity contribution in [2.75, 3.05) is 26.2 Å². The van der Waals surface area contributed by atoms with Crippen LogP contribution in [0, 0.1) is 6.92 Å². The van der Waals surface area contributed by atoms with Gasteiger partial charge in [-0.05, 0) is 42.8 Å². The normalized spacial score (nSPS) is 14.7. The van der Waals surface area contributed by atoms with Crippen molar-refractivity contribution in [3.05, 3.63) is 75.4 Å². The van der Waals surface area contributed by atoms with Crippen molar-refractivity contribution in [1.82, 2.24) is 10.2 Å². The summed E-state index contributed by atoms with van der Waals surface area (Å²) in [4.78, 5) is 27.5. The predicted molar refractivity (Wildman–Crippen MR) is 109 cm³/mol. The molecule has 27 heavy (non-hydrogen) atoms. The number of piperazine rings is 1. The number of aryl methyl sites for hydroxylation is 1. The highest BCUT2D eigenvalue weighted by Crippen LogP contribution is 2.14. The summed E-state index contributed by atoms with van der Waals surface area (Å²) in [5.41, 5.74) is 2.76. The number of halogens is 1. The van der Waals surface area contributed by atoms with E-state index in [9.17, 15) is 9.59 Å². The highest BCUT2D eigenvalue weighted by atomic mass is 79.9. The Morgan fingerprint density at radius 1 is 1.04 bits per heavy atom. The van der Waals surface area contributed by atoms with Crippen LogP contribution >= 0.6 is 15.9 Å². The molecule has 6 heteroatoms. The number of hydrogen-bond donors (Lipinski definition) is 2. The van der Waals surface area contributed by atoms with Gasteiger partial charge in [-0.25, -0.2) is 0 Å². The van der Waals surface area contributed by atoms with E-state index in [1.54, 1.807) is 23.1 Å². The maximum Gasteiger partial charge on any atom is 0.270 e. The first-order valence-corrected chi connectivity index (χ1v) is 9.78. The van der Waals surface area contributed by atoms with E-state index < -0.39 is 0 Å². The molecule has 0 aliphatic carbocycles. The zero-order chi connectivity index (χ0) is 19.2. The van der Waals surface area contributed by atoms with E-state index in [2.05, 4.69) is 26.6 Å². The van der Waals surface area contributed by atoms with Crippen molar-refractivity contribution in [2.24, 2.45) is 0 Å². The van der Waals surface area contributed by atoms with Crippen LogP contribution in [-0.2, 0) is 4.79 Å². The topological polar surface area (TPSA) is 66.0 Å². The van der Waals surface area contributed by atoms with Gasteiger partial charge in [0.05, 0.1) is 26.2 Å². The molecule has 0 saturated carbocycles. The summed E-state index contributed by atoms with van der Waals surface area (Å²) in [6.45, 7) is 5.08. The molecular formula is C21H23BrN3O2+. The van der Waals surface area contributed by atoms with Gasteiger partial charge in [-0.1, -0.05) is 45.8 Å². The number of benzene rings is 2. The molecule has 1 aliphatic rings. The Morgan fingerprint density at radius 3 is 2.30 bits per heavy atom. The summed E-state index contributed by atoms with van der Waals surface area (Å²) in [6, 6.07) is 14.9. The first-order valence-electron chi connectivity index (χ1n) is 8.99. The molecule has 1 aliphatic heterocycles. The molecule has 3 N–H and O–H groups in total. The minimum absolute atomic E-state index is 0.147. The molecule has 0 bridgehead atoms. The Bertz CT molecular complexity index is 839. The number of carbonyl (C=O) groups is 2. The van der Waals surface area contributed by atoms with Crippen molar-refractivity contribution in [1.29, 1.82) is 0 Å². The summed E-state index contributed by atoms with van der Waals surface area (Å²) >= 11 is 3.41. The molecule has 2 aromatic rings. The Hall–Kier alpha value is -2.44. The molecule has 2 aromatic carbocycles. The fourth-order valence-electron chi connectivity index (χ4n) is 2.90. The fourth-order valence-corrected chi connectivity index (χ4v) is 3.16. The Morgan fingerprint density at radius 2 is 1.67 bits per heavy atom. The zero-order valence-electron chi connectivity index (χ0n) is 15.2. The van der Waals surface area contributed by atoms with Gasteiger partial charge < -0.3 is 15.5 Å². The second kappa shape index (κ2) is 8.97. The Labute approximate surface area is 167 Å². The standard InChI is InChI=1S/C21H22BrN3O2/c1-15-2-6-17(7-3-15)20(26)24-19(14-16-4-8-18(22)9-5-16)21(27)25-12-10-23-11-13-25/h2-9,14,23H,10-13H2,1H3,(H,24,26)/p+1/b19-14+. The number of rotatable bonds is 4. The molecule has 1 heterocycles. The van der Waals surface area contributed by atoms with Gasteiger partial charge in [0.25, 0.3) is 11.8 Å². The van der Waals surface area contributed by atoms with E-state index >= 15 is 0 Å². The molecule has 0 unspecified atom stereocenters. The van der Waals surface area contributed by atoms with Crippen molar-refractivity contribution in [2.45, 2.75) is 6.92 Å². The van der Waals surface area contributed by atoms with Gasteiger partial charge in [0.2, 0.25) is 0 Å². The molecule has 140 valence electrons. The second-order valence-electron chi connectivity index (χ2n) is 6.59. The van der Waals surface area contributed by atoms with Crippen LogP contribution in [0.3, 0.4) is 0 Å². The van der Waals surface area contributed by atoms with Gasteiger partial charge >= 0.3 is 0 Å². The van der Waals surface area contributed by atoms with E-state index in [1.165, 1.54) is 0 Å². The van der Waals surface area contributed by atoms with Gasteiger partial charge in [-0.3, -0.25) is 9.59 Å². The summed E-state index contributed by atoms with van der Waals surface area (Å²) in [5.74, 6) is -0.429. The number of carbonyl (C=O) groups excluding carboxylic acids is 2. The average molecular weight is 429 g/mol. The third kappa shape index (κ3) is 5.28. The quantitative estimate of drug-likeness (QED) is 0.730. The molecule has 0 spiro atoms. The third-order valence-corrected chi connectivity index (χ3v) is 5.00. The Balaban J connectivity index is 1.86. The van der Waals surface area contributed by atoms with Crippen molar-refractivity contribution >= 4 is 33.8 Å². The monoisotopic (exact) mass is 428 g/mol. The van der Waals surface area contributed by atoms with E-state index in [4.69, 9.17) is 0 Å². The fraction of sp³-hybridized carbons (Fsp3) is 0.238. The lowest BCUT2D eigenvalue weighted by molar-refractivity contribution is -0.662. The van der Waals surface area contributed by atoms with Crippen molar-refractivity contribution in [3.63, 3.8) is 0 Å². The molecule has 0 atom stereocenters. The predicted octanol–water partition coefficient (Wildman–Crippen LogP) is 1.93. The summed E-state index contributed by atoms with van der Waals surface area (Å²) in [7, 11) is 0. The second-order valence-corrected chi connectivity index (χ2v) is 7.50. The van der Waals surface area contributed by atoms with Crippen LogP contribution < -0.4 is 10.6 Å². The minimum atomic E-state index is -0.282. The highest BCUT2D eigenvalue weighted by molar-refractivity contribution is 9.10. The first kappa shape index (κ1) is 19.3. The van der Waals surface area contributed by atoms with Crippen LogP contribution in [0.15, 0.2) is 58.7 Å². The van der Waals surface area contributed by atoms with Crippen LogP contribution in [0.25, 0.3) is 6.08 Å². The number of hydrogen-bond acceptors (Lipinski definition) is 2. The summed E-state index contributed by atoms with van der Waals surface area (Å²) < 4.78 is 0.961. The molecule has 1 fully saturated rings. The summed E-state index contributed by atoms with van der Waals surface area (Å²) in [6.07, 6.45) is 1.74. The van der Waals surface area contributed by atoms with Gasteiger partial charge in [0, 0.05) is 10.0 Å². The summed E-state index contributed by atoms with van der Waals surface area (Å²) in [5, 5.41) is 5.01.